The lowest BCUT2D eigenvalue weighted by molar-refractivity contribution is -0.130. The molecule has 0 unspecified atom stereocenters. The molecule has 122 valence electrons. The third kappa shape index (κ3) is 3.04. The summed E-state index contributed by atoms with van der Waals surface area (Å²) < 4.78 is 10.5. The number of benzene rings is 2. The highest BCUT2D eigenvalue weighted by Gasteiger charge is 2.23. The van der Waals surface area contributed by atoms with E-state index < -0.39 is 5.97 Å². The molecular formula is C20H18O4. The summed E-state index contributed by atoms with van der Waals surface area (Å²) in [7, 11) is 1.48. The fourth-order valence-electron chi connectivity index (χ4n) is 2.68. The van der Waals surface area contributed by atoms with Crippen LogP contribution < -0.4 is 4.74 Å². The van der Waals surface area contributed by atoms with Crippen molar-refractivity contribution in [3.8, 4) is 11.5 Å². The maximum Gasteiger partial charge on any atom is 0.343 e. The first-order chi connectivity index (χ1) is 11.5. The Morgan fingerprint density at radius 1 is 1.12 bits per heavy atom. The summed E-state index contributed by atoms with van der Waals surface area (Å²) >= 11 is 0. The molecule has 3 rings (SSSR count). The summed E-state index contributed by atoms with van der Waals surface area (Å²) in [6, 6.07) is 10.9. The smallest absolute Gasteiger partial charge is 0.343 e. The van der Waals surface area contributed by atoms with Gasteiger partial charge in [-0.2, -0.15) is 0 Å². The minimum absolute atomic E-state index is 0.0557. The van der Waals surface area contributed by atoms with Crippen molar-refractivity contribution in [1.82, 2.24) is 0 Å². The molecule has 1 aliphatic heterocycles. The standard InChI is InChI=1S/C20H18O4/c1-12-4-6-16(13(2)8-12)18-11-15(20(22)24-18)9-14-5-7-17(21)19(10-14)23-3/h4-11,21H,1-3H3. The number of aryl methyl sites for hydroxylation is 2. The van der Waals surface area contributed by atoms with Crippen LogP contribution in [-0.4, -0.2) is 18.2 Å². The maximum absolute atomic E-state index is 12.1. The average Bonchev–Trinajstić information content (AvgIpc) is 2.89. The summed E-state index contributed by atoms with van der Waals surface area (Å²) in [6.07, 6.45) is 3.44. The minimum atomic E-state index is -0.392. The number of rotatable bonds is 3. The van der Waals surface area contributed by atoms with E-state index in [4.69, 9.17) is 9.47 Å². The highest BCUT2D eigenvalue weighted by Crippen LogP contribution is 2.31. The predicted molar refractivity (Wildman–Crippen MR) is 92.6 cm³/mol. The Hall–Kier alpha value is -3.01. The van der Waals surface area contributed by atoms with Crippen LogP contribution >= 0.6 is 0 Å². The van der Waals surface area contributed by atoms with E-state index >= 15 is 0 Å². The van der Waals surface area contributed by atoms with Gasteiger partial charge in [0.1, 0.15) is 5.76 Å². The van der Waals surface area contributed by atoms with Crippen LogP contribution in [0.15, 0.2) is 48.0 Å². The van der Waals surface area contributed by atoms with Crippen molar-refractivity contribution >= 4 is 17.8 Å². The second-order valence-corrected chi connectivity index (χ2v) is 5.75. The molecule has 1 aliphatic rings. The Balaban J connectivity index is 1.97. The van der Waals surface area contributed by atoms with Gasteiger partial charge >= 0.3 is 5.97 Å². The van der Waals surface area contributed by atoms with Gasteiger partial charge in [-0.15, -0.1) is 0 Å². The number of phenols is 1. The molecule has 4 heteroatoms. The molecule has 0 amide bonds. The van der Waals surface area contributed by atoms with Crippen LogP contribution in [0.1, 0.15) is 22.3 Å². The van der Waals surface area contributed by atoms with Crippen molar-refractivity contribution in [3.63, 3.8) is 0 Å². The summed E-state index contributed by atoms with van der Waals surface area (Å²) in [5.41, 5.74) is 4.32. The fraction of sp³-hybridized carbons (Fsp3) is 0.150. The third-order valence-corrected chi connectivity index (χ3v) is 3.90. The number of methoxy groups -OCH3 is 1. The summed E-state index contributed by atoms with van der Waals surface area (Å²) in [4.78, 5) is 12.1. The first-order valence-electron chi connectivity index (χ1n) is 7.58. The van der Waals surface area contributed by atoms with Crippen molar-refractivity contribution in [3.05, 3.63) is 70.3 Å². The number of aromatic hydroxyl groups is 1. The van der Waals surface area contributed by atoms with Crippen LogP contribution in [0.3, 0.4) is 0 Å². The minimum Gasteiger partial charge on any atom is -0.504 e. The van der Waals surface area contributed by atoms with E-state index in [9.17, 15) is 9.90 Å². The number of phenolic OH excluding ortho intramolecular Hbond substituents is 1. The van der Waals surface area contributed by atoms with Crippen LogP contribution in [0, 0.1) is 13.8 Å². The summed E-state index contributed by atoms with van der Waals surface area (Å²) in [5.74, 6) is 0.570. The number of ether oxygens (including phenoxy) is 2. The Labute approximate surface area is 140 Å². The molecule has 0 fully saturated rings. The van der Waals surface area contributed by atoms with Crippen LogP contribution in [-0.2, 0) is 9.53 Å². The molecule has 0 aromatic heterocycles. The molecule has 2 aromatic rings. The molecule has 0 aliphatic carbocycles. The van der Waals surface area contributed by atoms with Crippen LogP contribution in [0.5, 0.6) is 11.5 Å². The lowest BCUT2D eigenvalue weighted by Crippen LogP contribution is -1.98. The molecular weight excluding hydrogens is 304 g/mol. The SMILES string of the molecule is COc1cc(C=C2C=C(c3ccc(C)cc3C)OC2=O)ccc1O. The van der Waals surface area contributed by atoms with Gasteiger partial charge in [-0.1, -0.05) is 29.8 Å². The van der Waals surface area contributed by atoms with Crippen molar-refractivity contribution in [2.75, 3.05) is 7.11 Å². The second kappa shape index (κ2) is 6.24. The van der Waals surface area contributed by atoms with E-state index in [1.807, 2.05) is 26.0 Å². The van der Waals surface area contributed by atoms with Gasteiger partial charge < -0.3 is 14.6 Å². The lowest BCUT2D eigenvalue weighted by Gasteiger charge is -2.06. The van der Waals surface area contributed by atoms with Crippen molar-refractivity contribution in [2.45, 2.75) is 13.8 Å². The average molecular weight is 322 g/mol. The molecule has 0 atom stereocenters. The molecule has 0 saturated carbocycles. The zero-order chi connectivity index (χ0) is 17.3. The topological polar surface area (TPSA) is 55.8 Å². The van der Waals surface area contributed by atoms with Gasteiger partial charge in [0, 0.05) is 5.56 Å². The quantitative estimate of drug-likeness (QED) is 0.685. The van der Waals surface area contributed by atoms with Gasteiger partial charge in [-0.3, -0.25) is 0 Å². The van der Waals surface area contributed by atoms with Gasteiger partial charge in [0.25, 0.3) is 0 Å². The first kappa shape index (κ1) is 15.9. The predicted octanol–water partition coefficient (Wildman–Crippen LogP) is 4.00. The molecule has 0 bridgehead atoms. The fourth-order valence-corrected chi connectivity index (χ4v) is 2.68. The normalized spacial score (nSPS) is 15.4. The van der Waals surface area contributed by atoms with Crippen molar-refractivity contribution in [1.29, 1.82) is 0 Å². The number of hydrogen-bond donors (Lipinski definition) is 1. The lowest BCUT2D eigenvalue weighted by atomic mass is 10.0. The van der Waals surface area contributed by atoms with E-state index in [-0.39, 0.29) is 5.75 Å². The maximum atomic E-state index is 12.1. The summed E-state index contributed by atoms with van der Waals surface area (Å²) in [6.45, 7) is 4.01. The zero-order valence-corrected chi connectivity index (χ0v) is 13.8. The number of carbonyl (C=O) groups is 1. The number of carbonyl (C=O) groups excluding carboxylic acids is 1. The third-order valence-electron chi connectivity index (χ3n) is 3.90. The van der Waals surface area contributed by atoms with E-state index in [0.29, 0.717) is 17.1 Å². The van der Waals surface area contributed by atoms with Gasteiger partial charge in [-0.05, 0) is 49.3 Å². The Bertz CT molecular complexity index is 875. The number of esters is 1. The van der Waals surface area contributed by atoms with Gasteiger partial charge in [-0.25, -0.2) is 4.79 Å². The number of hydrogen-bond acceptors (Lipinski definition) is 4. The Morgan fingerprint density at radius 3 is 2.62 bits per heavy atom. The molecule has 0 saturated heterocycles. The largest absolute Gasteiger partial charge is 0.504 e. The number of cyclic esters (lactones) is 1. The van der Waals surface area contributed by atoms with Crippen LogP contribution in [0.4, 0.5) is 0 Å². The first-order valence-corrected chi connectivity index (χ1v) is 7.58. The van der Waals surface area contributed by atoms with Gasteiger partial charge in [0.15, 0.2) is 11.5 Å². The molecule has 24 heavy (non-hydrogen) atoms. The highest BCUT2D eigenvalue weighted by molar-refractivity contribution is 6.05. The van der Waals surface area contributed by atoms with Gasteiger partial charge in [0.05, 0.1) is 12.7 Å². The van der Waals surface area contributed by atoms with Gasteiger partial charge in [0.2, 0.25) is 0 Å². The van der Waals surface area contributed by atoms with E-state index in [2.05, 4.69) is 6.07 Å². The molecule has 1 heterocycles. The second-order valence-electron chi connectivity index (χ2n) is 5.75. The Morgan fingerprint density at radius 2 is 1.92 bits per heavy atom. The van der Waals surface area contributed by atoms with Crippen LogP contribution in [0.2, 0.25) is 0 Å². The van der Waals surface area contributed by atoms with Crippen molar-refractivity contribution in [2.24, 2.45) is 0 Å². The zero-order valence-electron chi connectivity index (χ0n) is 13.8. The highest BCUT2D eigenvalue weighted by atomic mass is 16.5. The van der Waals surface area contributed by atoms with E-state index in [0.717, 1.165) is 22.3 Å². The Kier molecular flexibility index (Phi) is 4.13. The molecule has 2 aromatic carbocycles. The van der Waals surface area contributed by atoms with E-state index in [1.165, 1.54) is 13.2 Å². The van der Waals surface area contributed by atoms with Crippen LogP contribution in [0.25, 0.3) is 11.8 Å². The van der Waals surface area contributed by atoms with E-state index in [1.54, 1.807) is 24.3 Å². The molecule has 4 nitrogen and oxygen atoms in total. The molecule has 0 radical (unpaired) electrons. The molecule has 1 N–H and O–H groups in total. The summed E-state index contributed by atoms with van der Waals surface area (Å²) in [5, 5.41) is 9.64. The monoisotopic (exact) mass is 322 g/mol. The van der Waals surface area contributed by atoms with Crippen molar-refractivity contribution < 1.29 is 19.4 Å². The molecule has 0 spiro atoms.